The Kier molecular flexibility index (Phi) is 1.63. The molecule has 10 heavy (non-hydrogen) atoms. The number of hydrogen-bond acceptors (Lipinski definition) is 1. The summed E-state index contributed by atoms with van der Waals surface area (Å²) in [5, 5.41) is 9.84. The molecule has 0 aromatic carbocycles. The second kappa shape index (κ2) is 2.09. The summed E-state index contributed by atoms with van der Waals surface area (Å²) in [6.45, 7) is 7.67. The first-order valence-corrected chi connectivity index (χ1v) is 3.85. The molecule has 1 aliphatic carbocycles. The number of hydrogen-bond donors (Lipinski definition) is 1. The average molecular weight is 140 g/mol. The van der Waals surface area contributed by atoms with E-state index in [1.165, 1.54) is 0 Å². The van der Waals surface area contributed by atoms with Gasteiger partial charge in [0.15, 0.2) is 0 Å². The first-order chi connectivity index (χ1) is 4.52. The Morgan fingerprint density at radius 1 is 1.70 bits per heavy atom. The van der Waals surface area contributed by atoms with E-state index in [1.807, 2.05) is 6.92 Å². The predicted octanol–water partition coefficient (Wildman–Crippen LogP) is 2.11. The topological polar surface area (TPSA) is 20.2 Å². The van der Waals surface area contributed by atoms with Crippen molar-refractivity contribution in [2.24, 2.45) is 5.41 Å². The summed E-state index contributed by atoms with van der Waals surface area (Å²) in [6, 6.07) is 0. The van der Waals surface area contributed by atoms with Crippen molar-refractivity contribution >= 4 is 0 Å². The SMILES string of the molecule is C=CCC(C)(O)C1(C)CC1. The molecule has 0 amide bonds. The lowest BCUT2D eigenvalue weighted by Crippen LogP contribution is -2.33. The van der Waals surface area contributed by atoms with Crippen LogP contribution in [0.2, 0.25) is 0 Å². The molecular formula is C9H16O. The lowest BCUT2D eigenvalue weighted by molar-refractivity contribution is -0.00447. The van der Waals surface area contributed by atoms with Crippen LogP contribution in [-0.4, -0.2) is 10.7 Å². The van der Waals surface area contributed by atoms with E-state index < -0.39 is 5.60 Å². The van der Waals surface area contributed by atoms with Crippen LogP contribution in [-0.2, 0) is 0 Å². The smallest absolute Gasteiger partial charge is 0.0707 e. The largest absolute Gasteiger partial charge is 0.389 e. The van der Waals surface area contributed by atoms with E-state index in [4.69, 9.17) is 0 Å². The van der Waals surface area contributed by atoms with Gasteiger partial charge < -0.3 is 5.11 Å². The van der Waals surface area contributed by atoms with Gasteiger partial charge in [-0.25, -0.2) is 0 Å². The minimum Gasteiger partial charge on any atom is -0.389 e. The lowest BCUT2D eigenvalue weighted by atomic mass is 9.85. The van der Waals surface area contributed by atoms with E-state index in [1.54, 1.807) is 6.08 Å². The molecule has 0 aromatic heterocycles. The maximum absolute atomic E-state index is 9.84. The Balaban J connectivity index is 2.58. The zero-order chi connectivity index (χ0) is 7.83. The maximum atomic E-state index is 9.84. The molecule has 1 heteroatoms. The van der Waals surface area contributed by atoms with Crippen molar-refractivity contribution in [3.8, 4) is 0 Å². The summed E-state index contributed by atoms with van der Waals surface area (Å²) in [6.07, 6.45) is 4.83. The molecule has 1 nitrogen and oxygen atoms in total. The van der Waals surface area contributed by atoms with Gasteiger partial charge in [0.2, 0.25) is 0 Å². The summed E-state index contributed by atoms with van der Waals surface area (Å²) < 4.78 is 0. The monoisotopic (exact) mass is 140 g/mol. The summed E-state index contributed by atoms with van der Waals surface area (Å²) in [4.78, 5) is 0. The highest BCUT2D eigenvalue weighted by molar-refractivity contribution is 5.05. The molecule has 1 rings (SSSR count). The van der Waals surface area contributed by atoms with Crippen molar-refractivity contribution in [2.45, 2.75) is 38.7 Å². The Bertz CT molecular complexity index is 143. The first-order valence-electron chi connectivity index (χ1n) is 3.85. The quantitative estimate of drug-likeness (QED) is 0.595. The Morgan fingerprint density at radius 3 is 2.50 bits per heavy atom. The number of rotatable bonds is 3. The molecule has 1 saturated carbocycles. The molecule has 0 saturated heterocycles. The summed E-state index contributed by atoms with van der Waals surface area (Å²) >= 11 is 0. The maximum Gasteiger partial charge on any atom is 0.0707 e. The van der Waals surface area contributed by atoms with Gasteiger partial charge in [0.05, 0.1) is 5.60 Å². The molecule has 0 radical (unpaired) electrons. The minimum atomic E-state index is -0.519. The van der Waals surface area contributed by atoms with Crippen molar-refractivity contribution < 1.29 is 5.11 Å². The molecule has 0 bridgehead atoms. The fourth-order valence-corrected chi connectivity index (χ4v) is 1.25. The van der Waals surface area contributed by atoms with E-state index in [2.05, 4.69) is 13.5 Å². The summed E-state index contributed by atoms with van der Waals surface area (Å²) in [5.41, 5.74) is -0.337. The Hall–Kier alpha value is -0.300. The molecule has 1 fully saturated rings. The van der Waals surface area contributed by atoms with Crippen molar-refractivity contribution in [3.63, 3.8) is 0 Å². The van der Waals surface area contributed by atoms with Gasteiger partial charge in [0.1, 0.15) is 0 Å². The van der Waals surface area contributed by atoms with E-state index in [0.717, 1.165) is 12.8 Å². The van der Waals surface area contributed by atoms with Crippen molar-refractivity contribution in [1.29, 1.82) is 0 Å². The van der Waals surface area contributed by atoms with Crippen molar-refractivity contribution in [2.75, 3.05) is 0 Å². The van der Waals surface area contributed by atoms with Crippen LogP contribution in [0.25, 0.3) is 0 Å². The van der Waals surface area contributed by atoms with E-state index >= 15 is 0 Å². The second-order valence-corrected chi connectivity index (χ2v) is 3.83. The molecule has 1 N–H and O–H groups in total. The zero-order valence-corrected chi connectivity index (χ0v) is 6.85. The summed E-state index contributed by atoms with van der Waals surface area (Å²) in [7, 11) is 0. The normalized spacial score (nSPS) is 27.1. The minimum absolute atomic E-state index is 0.182. The fourth-order valence-electron chi connectivity index (χ4n) is 1.25. The van der Waals surface area contributed by atoms with Crippen LogP contribution in [0.4, 0.5) is 0 Å². The van der Waals surface area contributed by atoms with Crippen LogP contribution in [0, 0.1) is 5.41 Å². The molecule has 1 aliphatic rings. The standard InChI is InChI=1S/C9H16O/c1-4-5-9(3,10)8(2)6-7-8/h4,10H,1,5-7H2,2-3H3. The van der Waals surface area contributed by atoms with Gasteiger partial charge in [-0.3, -0.25) is 0 Å². The third kappa shape index (κ3) is 1.10. The second-order valence-electron chi connectivity index (χ2n) is 3.83. The highest BCUT2D eigenvalue weighted by atomic mass is 16.3. The van der Waals surface area contributed by atoms with Gasteiger partial charge in [0, 0.05) is 0 Å². The highest BCUT2D eigenvalue weighted by Gasteiger charge is 2.51. The average Bonchev–Trinajstić information content (AvgIpc) is 2.49. The predicted molar refractivity (Wildman–Crippen MR) is 42.8 cm³/mol. The van der Waals surface area contributed by atoms with E-state index in [-0.39, 0.29) is 5.41 Å². The zero-order valence-electron chi connectivity index (χ0n) is 6.85. The van der Waals surface area contributed by atoms with E-state index in [0.29, 0.717) is 6.42 Å². The third-order valence-electron chi connectivity index (χ3n) is 2.84. The summed E-state index contributed by atoms with van der Waals surface area (Å²) in [5.74, 6) is 0. The molecule has 0 aromatic rings. The van der Waals surface area contributed by atoms with Gasteiger partial charge in [-0.2, -0.15) is 0 Å². The van der Waals surface area contributed by atoms with Crippen LogP contribution in [0.3, 0.4) is 0 Å². The van der Waals surface area contributed by atoms with Gasteiger partial charge >= 0.3 is 0 Å². The molecular weight excluding hydrogens is 124 g/mol. The van der Waals surface area contributed by atoms with Crippen LogP contribution >= 0.6 is 0 Å². The van der Waals surface area contributed by atoms with Crippen molar-refractivity contribution in [1.82, 2.24) is 0 Å². The molecule has 1 unspecified atom stereocenters. The van der Waals surface area contributed by atoms with E-state index in [9.17, 15) is 5.11 Å². The van der Waals surface area contributed by atoms with Crippen LogP contribution in [0.1, 0.15) is 33.1 Å². The number of aliphatic hydroxyl groups is 1. The van der Waals surface area contributed by atoms with Gasteiger partial charge in [-0.05, 0) is 31.6 Å². The van der Waals surface area contributed by atoms with Crippen LogP contribution < -0.4 is 0 Å². The highest BCUT2D eigenvalue weighted by Crippen LogP contribution is 2.54. The molecule has 0 aliphatic heterocycles. The Labute approximate surface area is 62.8 Å². The molecule has 58 valence electrons. The molecule has 1 atom stereocenters. The van der Waals surface area contributed by atoms with Crippen LogP contribution in [0.5, 0.6) is 0 Å². The lowest BCUT2D eigenvalue weighted by Gasteiger charge is -2.29. The third-order valence-corrected chi connectivity index (χ3v) is 2.84. The van der Waals surface area contributed by atoms with Gasteiger partial charge in [-0.15, -0.1) is 6.58 Å². The van der Waals surface area contributed by atoms with Crippen molar-refractivity contribution in [3.05, 3.63) is 12.7 Å². The van der Waals surface area contributed by atoms with Gasteiger partial charge in [-0.1, -0.05) is 13.0 Å². The van der Waals surface area contributed by atoms with Crippen LogP contribution in [0.15, 0.2) is 12.7 Å². The first kappa shape index (κ1) is 7.80. The molecule has 0 heterocycles. The van der Waals surface area contributed by atoms with Gasteiger partial charge in [0.25, 0.3) is 0 Å². The molecule has 0 spiro atoms. The Morgan fingerprint density at radius 2 is 2.20 bits per heavy atom. The fraction of sp³-hybridized carbons (Fsp3) is 0.778.